The summed E-state index contributed by atoms with van der Waals surface area (Å²) in [5.74, 6) is 1.07. The van der Waals surface area contributed by atoms with Gasteiger partial charge >= 0.3 is 0 Å². The first-order valence-electron chi connectivity index (χ1n) is 5.45. The fraction of sp³-hybridized carbons (Fsp3) is 0.545. The van der Waals surface area contributed by atoms with E-state index in [1.807, 2.05) is 0 Å². The van der Waals surface area contributed by atoms with Crippen LogP contribution in [0.25, 0.3) is 0 Å². The van der Waals surface area contributed by atoms with E-state index in [4.69, 9.17) is 4.52 Å². The molecule has 5 nitrogen and oxygen atoms in total. The Hall–Kier alpha value is -1.65. The molecular formula is C11H15N3O2. The maximum absolute atomic E-state index is 11.7. The third-order valence-electron chi connectivity index (χ3n) is 2.79. The van der Waals surface area contributed by atoms with E-state index in [1.54, 1.807) is 11.8 Å². The smallest absolute Gasteiger partial charge is 0.249 e. The average molecular weight is 221 g/mol. The fourth-order valence-corrected chi connectivity index (χ4v) is 2.02. The van der Waals surface area contributed by atoms with Crippen LogP contribution in [-0.2, 0) is 4.79 Å². The Morgan fingerprint density at radius 2 is 2.44 bits per heavy atom. The fourth-order valence-electron chi connectivity index (χ4n) is 2.02. The summed E-state index contributed by atoms with van der Waals surface area (Å²) in [7, 11) is 0. The van der Waals surface area contributed by atoms with Crippen LogP contribution in [-0.4, -0.2) is 27.5 Å². The van der Waals surface area contributed by atoms with Crippen LogP contribution in [0.2, 0.25) is 0 Å². The molecule has 1 atom stereocenters. The second-order valence-electron chi connectivity index (χ2n) is 3.93. The van der Waals surface area contributed by atoms with Crippen molar-refractivity contribution in [1.82, 2.24) is 15.0 Å². The van der Waals surface area contributed by atoms with Gasteiger partial charge in [0.2, 0.25) is 11.8 Å². The first-order valence-corrected chi connectivity index (χ1v) is 5.45. The minimum absolute atomic E-state index is 0.0689. The minimum Gasteiger partial charge on any atom is -0.337 e. The van der Waals surface area contributed by atoms with Crippen molar-refractivity contribution in [1.29, 1.82) is 0 Å². The van der Waals surface area contributed by atoms with Gasteiger partial charge in [0.1, 0.15) is 6.04 Å². The molecule has 0 bridgehead atoms. The molecule has 1 aromatic heterocycles. The molecule has 86 valence electrons. The lowest BCUT2D eigenvalue weighted by atomic mass is 10.0. The third-order valence-corrected chi connectivity index (χ3v) is 2.79. The van der Waals surface area contributed by atoms with Crippen LogP contribution in [0.1, 0.15) is 37.0 Å². The summed E-state index contributed by atoms with van der Waals surface area (Å²) in [5, 5.41) is 3.76. The number of carbonyl (C=O) groups excluding carboxylic acids is 1. The molecule has 2 rings (SSSR count). The van der Waals surface area contributed by atoms with Crippen LogP contribution in [0.3, 0.4) is 0 Å². The van der Waals surface area contributed by atoms with Crippen molar-refractivity contribution >= 4 is 5.91 Å². The predicted molar refractivity (Wildman–Crippen MR) is 57.5 cm³/mol. The van der Waals surface area contributed by atoms with Gasteiger partial charge in [0.25, 0.3) is 0 Å². The quantitative estimate of drug-likeness (QED) is 0.712. The summed E-state index contributed by atoms with van der Waals surface area (Å²) in [4.78, 5) is 17.6. The summed E-state index contributed by atoms with van der Waals surface area (Å²) < 4.78 is 5.14. The molecule has 1 aliphatic rings. The largest absolute Gasteiger partial charge is 0.337 e. The Bertz CT molecular complexity index is 400. The Labute approximate surface area is 94.1 Å². The van der Waals surface area contributed by atoms with E-state index < -0.39 is 0 Å². The SMILES string of the molecule is C=CC(=O)N1CCCCC1c1nc(C)no1. The van der Waals surface area contributed by atoms with Crippen LogP contribution in [0.4, 0.5) is 0 Å². The molecule has 1 fully saturated rings. The lowest BCUT2D eigenvalue weighted by Crippen LogP contribution is -2.37. The number of likely N-dealkylation sites (tertiary alicyclic amines) is 1. The highest BCUT2D eigenvalue weighted by molar-refractivity contribution is 5.87. The number of hydrogen-bond donors (Lipinski definition) is 0. The van der Waals surface area contributed by atoms with Gasteiger partial charge < -0.3 is 9.42 Å². The molecule has 1 aliphatic heterocycles. The van der Waals surface area contributed by atoms with Gasteiger partial charge in [-0.1, -0.05) is 11.7 Å². The van der Waals surface area contributed by atoms with Crippen molar-refractivity contribution in [2.45, 2.75) is 32.2 Å². The van der Waals surface area contributed by atoms with E-state index in [0.717, 1.165) is 25.8 Å². The van der Waals surface area contributed by atoms with Gasteiger partial charge in [0.05, 0.1) is 0 Å². The first-order chi connectivity index (χ1) is 7.72. The van der Waals surface area contributed by atoms with Crippen LogP contribution >= 0.6 is 0 Å². The molecule has 0 radical (unpaired) electrons. The first kappa shape index (κ1) is 10.9. The number of aromatic nitrogens is 2. The van der Waals surface area contributed by atoms with Crippen LogP contribution in [0.5, 0.6) is 0 Å². The third kappa shape index (κ3) is 1.98. The molecule has 1 amide bonds. The Balaban J connectivity index is 2.22. The number of aryl methyl sites for hydroxylation is 1. The normalized spacial score (nSPS) is 20.8. The maximum Gasteiger partial charge on any atom is 0.249 e. The summed E-state index contributed by atoms with van der Waals surface area (Å²) >= 11 is 0. The molecule has 1 aromatic rings. The summed E-state index contributed by atoms with van der Waals surface area (Å²) in [5.41, 5.74) is 0. The number of hydrogen-bond acceptors (Lipinski definition) is 4. The molecule has 1 saturated heterocycles. The number of carbonyl (C=O) groups is 1. The molecule has 2 heterocycles. The van der Waals surface area contributed by atoms with Crippen LogP contribution in [0, 0.1) is 6.92 Å². The van der Waals surface area contributed by atoms with Crippen molar-refractivity contribution in [3.05, 3.63) is 24.4 Å². The second-order valence-corrected chi connectivity index (χ2v) is 3.93. The van der Waals surface area contributed by atoms with E-state index in [0.29, 0.717) is 11.7 Å². The van der Waals surface area contributed by atoms with Gasteiger partial charge in [-0.25, -0.2) is 0 Å². The number of rotatable bonds is 2. The van der Waals surface area contributed by atoms with Gasteiger partial charge in [-0.2, -0.15) is 4.98 Å². The van der Waals surface area contributed by atoms with Crippen molar-refractivity contribution in [3.63, 3.8) is 0 Å². The van der Waals surface area contributed by atoms with Gasteiger partial charge in [-0.3, -0.25) is 4.79 Å². The Morgan fingerprint density at radius 1 is 1.62 bits per heavy atom. The topological polar surface area (TPSA) is 59.2 Å². The van der Waals surface area contributed by atoms with Gasteiger partial charge in [0.15, 0.2) is 5.82 Å². The number of amides is 1. The molecule has 0 aromatic carbocycles. The van der Waals surface area contributed by atoms with E-state index >= 15 is 0 Å². The number of nitrogens with zero attached hydrogens (tertiary/aromatic N) is 3. The van der Waals surface area contributed by atoms with Gasteiger partial charge in [-0.15, -0.1) is 0 Å². The lowest BCUT2D eigenvalue weighted by molar-refractivity contribution is -0.130. The predicted octanol–water partition coefficient (Wildman–Crippen LogP) is 1.62. The summed E-state index contributed by atoms with van der Waals surface area (Å²) in [6.45, 7) is 6.02. The van der Waals surface area contributed by atoms with E-state index in [-0.39, 0.29) is 11.9 Å². The van der Waals surface area contributed by atoms with E-state index in [1.165, 1.54) is 6.08 Å². The molecule has 0 saturated carbocycles. The Morgan fingerprint density at radius 3 is 3.06 bits per heavy atom. The van der Waals surface area contributed by atoms with Gasteiger partial charge in [-0.05, 0) is 32.3 Å². The molecule has 5 heteroatoms. The van der Waals surface area contributed by atoms with Gasteiger partial charge in [0, 0.05) is 6.54 Å². The highest BCUT2D eigenvalue weighted by Gasteiger charge is 2.30. The monoisotopic (exact) mass is 221 g/mol. The number of piperidine rings is 1. The molecule has 0 aliphatic carbocycles. The van der Waals surface area contributed by atoms with Crippen LogP contribution < -0.4 is 0 Å². The highest BCUT2D eigenvalue weighted by Crippen LogP contribution is 2.29. The van der Waals surface area contributed by atoms with Crippen molar-refractivity contribution < 1.29 is 9.32 Å². The van der Waals surface area contributed by atoms with Crippen LogP contribution in [0.15, 0.2) is 17.2 Å². The molecular weight excluding hydrogens is 206 g/mol. The average Bonchev–Trinajstić information content (AvgIpc) is 2.75. The molecule has 0 spiro atoms. The maximum atomic E-state index is 11.7. The zero-order chi connectivity index (χ0) is 11.5. The minimum atomic E-state index is -0.0829. The zero-order valence-corrected chi connectivity index (χ0v) is 9.35. The molecule has 0 N–H and O–H groups in total. The molecule has 1 unspecified atom stereocenters. The molecule has 16 heavy (non-hydrogen) atoms. The van der Waals surface area contributed by atoms with Crippen molar-refractivity contribution in [3.8, 4) is 0 Å². The standard InChI is InChI=1S/C11H15N3O2/c1-3-10(15)14-7-5-4-6-9(14)11-12-8(2)13-16-11/h3,9H,1,4-7H2,2H3. The van der Waals surface area contributed by atoms with Crippen molar-refractivity contribution in [2.24, 2.45) is 0 Å². The highest BCUT2D eigenvalue weighted by atomic mass is 16.5. The summed E-state index contributed by atoms with van der Waals surface area (Å²) in [6, 6.07) is -0.0829. The van der Waals surface area contributed by atoms with E-state index in [2.05, 4.69) is 16.7 Å². The van der Waals surface area contributed by atoms with Crippen molar-refractivity contribution in [2.75, 3.05) is 6.54 Å². The summed E-state index contributed by atoms with van der Waals surface area (Å²) in [6.07, 6.45) is 4.30. The zero-order valence-electron chi connectivity index (χ0n) is 9.35. The second kappa shape index (κ2) is 4.47. The Kier molecular flexibility index (Phi) is 3.03. The lowest BCUT2D eigenvalue weighted by Gasteiger charge is -2.32. The van der Waals surface area contributed by atoms with E-state index in [9.17, 15) is 4.79 Å².